The van der Waals surface area contributed by atoms with Crippen LogP contribution in [0, 0.1) is 0 Å². The highest BCUT2D eigenvalue weighted by Gasteiger charge is 2.32. The molecule has 0 saturated carbocycles. The number of furan rings is 2. The van der Waals surface area contributed by atoms with E-state index in [2.05, 4.69) is 12.1 Å². The molecule has 9 heteroatoms. The van der Waals surface area contributed by atoms with E-state index in [4.69, 9.17) is 48.5 Å². The number of allylic oxidation sites excluding steroid dienone is 1. The molecule has 36 heavy (non-hydrogen) atoms. The van der Waals surface area contributed by atoms with Crippen LogP contribution in [0.3, 0.4) is 0 Å². The number of aromatic nitrogens is 1. The van der Waals surface area contributed by atoms with E-state index in [1.54, 1.807) is 18.2 Å². The summed E-state index contributed by atoms with van der Waals surface area (Å²) in [5.74, 6) is 0.746. The van der Waals surface area contributed by atoms with Crippen LogP contribution in [0.1, 0.15) is 44.6 Å². The number of rotatable bonds is 4. The zero-order valence-electron chi connectivity index (χ0n) is 18.8. The third-order valence-corrected chi connectivity index (χ3v) is 7.94. The summed E-state index contributed by atoms with van der Waals surface area (Å²) < 4.78 is 11.5. The minimum atomic E-state index is -0.597. The van der Waals surface area contributed by atoms with Gasteiger partial charge in [-0.2, -0.15) is 0 Å². The van der Waals surface area contributed by atoms with Crippen LogP contribution in [-0.2, 0) is 6.42 Å². The number of anilines is 1. The van der Waals surface area contributed by atoms with Crippen LogP contribution in [0.15, 0.2) is 63.4 Å². The maximum Gasteiger partial charge on any atom is 0.260 e. The van der Waals surface area contributed by atoms with Gasteiger partial charge in [-0.3, -0.25) is 4.79 Å². The zero-order chi connectivity index (χ0) is 25.0. The average Bonchev–Trinajstić information content (AvgIpc) is 3.57. The molecule has 0 radical (unpaired) electrons. The van der Waals surface area contributed by atoms with Gasteiger partial charge in [0.05, 0.1) is 11.4 Å². The van der Waals surface area contributed by atoms with Gasteiger partial charge in [-0.05, 0) is 89.0 Å². The summed E-state index contributed by atoms with van der Waals surface area (Å²) in [7, 11) is 0. The van der Waals surface area contributed by atoms with Gasteiger partial charge in [0.25, 0.3) is 5.91 Å². The second-order valence-electron chi connectivity index (χ2n) is 8.63. The van der Waals surface area contributed by atoms with Crippen molar-refractivity contribution in [2.45, 2.75) is 18.8 Å². The van der Waals surface area contributed by atoms with Crippen LogP contribution < -0.4 is 11.5 Å². The summed E-state index contributed by atoms with van der Waals surface area (Å²) in [6.07, 6.45) is 3.38. The number of nitrogens with two attached hydrogens (primary N) is 2. The van der Waals surface area contributed by atoms with Crippen LogP contribution >= 0.6 is 34.5 Å². The third kappa shape index (κ3) is 3.89. The van der Waals surface area contributed by atoms with E-state index in [1.165, 1.54) is 16.9 Å². The number of thiophene rings is 1. The summed E-state index contributed by atoms with van der Waals surface area (Å²) in [5.41, 5.74) is 17.1. The lowest BCUT2D eigenvalue weighted by atomic mass is 9.77. The number of fused-ring (bicyclic) bond motifs is 2. The second-order valence-corrected chi connectivity index (χ2v) is 10.4. The first kappa shape index (κ1) is 22.9. The van der Waals surface area contributed by atoms with Gasteiger partial charge in [-0.1, -0.05) is 30.3 Å². The van der Waals surface area contributed by atoms with E-state index < -0.39 is 5.91 Å². The largest absolute Gasteiger partial charge is 0.445 e. The molecule has 0 saturated heterocycles. The topological polar surface area (TPSA) is 108 Å². The lowest BCUT2D eigenvalue weighted by molar-refractivity contribution is 0.100. The lowest BCUT2D eigenvalue weighted by Gasteiger charge is -2.28. The van der Waals surface area contributed by atoms with Crippen molar-refractivity contribution in [3.8, 4) is 11.3 Å². The molecule has 5 aromatic rings. The average molecular weight is 536 g/mol. The number of benzene rings is 1. The Balaban J connectivity index is 1.67. The van der Waals surface area contributed by atoms with E-state index >= 15 is 0 Å². The van der Waals surface area contributed by atoms with Gasteiger partial charge in [-0.15, -0.1) is 11.3 Å². The van der Waals surface area contributed by atoms with Gasteiger partial charge >= 0.3 is 0 Å². The fraction of sp³-hybridized carbons (Fsp3) is 0.111. The highest BCUT2D eigenvalue weighted by molar-refractivity contribution is 7.21. The first-order valence-electron chi connectivity index (χ1n) is 11.2. The Labute approximate surface area is 220 Å². The predicted octanol–water partition coefficient (Wildman–Crippen LogP) is 7.41. The van der Waals surface area contributed by atoms with Gasteiger partial charge in [0.2, 0.25) is 0 Å². The van der Waals surface area contributed by atoms with Crippen molar-refractivity contribution >= 4 is 68.0 Å². The van der Waals surface area contributed by atoms with Crippen LogP contribution in [-0.4, -0.2) is 10.9 Å². The van der Waals surface area contributed by atoms with Crippen LogP contribution in [0.25, 0.3) is 33.2 Å². The Kier molecular flexibility index (Phi) is 5.63. The van der Waals surface area contributed by atoms with Crippen molar-refractivity contribution in [1.82, 2.24) is 4.98 Å². The van der Waals surface area contributed by atoms with Gasteiger partial charge in [0.15, 0.2) is 10.4 Å². The molecule has 1 aromatic carbocycles. The highest BCUT2D eigenvalue weighted by atomic mass is 35.5. The minimum absolute atomic E-state index is 0.161. The van der Waals surface area contributed by atoms with Crippen molar-refractivity contribution < 1.29 is 13.6 Å². The number of carbonyl (C=O) groups excluding carboxylic acids is 1. The number of carbonyl (C=O) groups is 1. The van der Waals surface area contributed by atoms with Gasteiger partial charge in [-0.25, -0.2) is 4.98 Å². The van der Waals surface area contributed by atoms with Crippen molar-refractivity contribution in [3.05, 3.63) is 92.5 Å². The molecule has 180 valence electrons. The summed E-state index contributed by atoms with van der Waals surface area (Å²) in [5, 5.41) is 1.21. The summed E-state index contributed by atoms with van der Waals surface area (Å²) in [4.78, 5) is 18.0. The smallest absolute Gasteiger partial charge is 0.260 e. The van der Waals surface area contributed by atoms with Gasteiger partial charge in [0.1, 0.15) is 21.2 Å². The van der Waals surface area contributed by atoms with E-state index in [-0.39, 0.29) is 16.0 Å². The minimum Gasteiger partial charge on any atom is -0.445 e. The van der Waals surface area contributed by atoms with Gasteiger partial charge < -0.3 is 20.3 Å². The molecule has 1 amide bonds. The van der Waals surface area contributed by atoms with Crippen molar-refractivity contribution in [1.29, 1.82) is 0 Å². The Morgan fingerprint density at radius 1 is 1.03 bits per heavy atom. The summed E-state index contributed by atoms with van der Waals surface area (Å²) in [6.45, 7) is 0. The molecule has 0 spiro atoms. The van der Waals surface area contributed by atoms with Crippen molar-refractivity contribution in [3.63, 3.8) is 0 Å². The molecule has 1 aliphatic carbocycles. The number of nitrogens with zero attached hydrogens (tertiary/aromatic N) is 1. The van der Waals surface area contributed by atoms with E-state index in [1.807, 2.05) is 30.3 Å². The van der Waals surface area contributed by atoms with Crippen LogP contribution in [0.5, 0.6) is 0 Å². The standard InChI is InChI=1S/C27H19Cl2N3O3S/c28-19-8-6-16(34-19)11-15-10-14(13-4-2-1-3-5-13)12-17-21(18-7-9-20(29)35-18)22-23(30)25(26(31)33)36-27(22)32-24(15)17/h1-9,11,14H,10,12,30H2,(H2,31,33). The molecule has 1 atom stereocenters. The summed E-state index contributed by atoms with van der Waals surface area (Å²) >= 11 is 13.4. The first-order valence-corrected chi connectivity index (χ1v) is 12.8. The molecule has 1 unspecified atom stereocenters. The Morgan fingerprint density at radius 2 is 1.78 bits per heavy atom. The molecule has 6 nitrogen and oxygen atoms in total. The number of primary amides is 1. The molecule has 4 heterocycles. The van der Waals surface area contributed by atoms with Crippen LogP contribution in [0.2, 0.25) is 10.4 Å². The lowest BCUT2D eigenvalue weighted by Crippen LogP contribution is -2.15. The number of hydrogen-bond acceptors (Lipinski definition) is 6. The van der Waals surface area contributed by atoms with E-state index in [0.717, 1.165) is 28.8 Å². The molecule has 4 aromatic heterocycles. The summed E-state index contributed by atoms with van der Waals surface area (Å²) in [6, 6.07) is 17.3. The Bertz CT molecular complexity index is 1670. The number of hydrogen-bond donors (Lipinski definition) is 2. The Hall–Kier alpha value is -3.52. The molecule has 0 bridgehead atoms. The molecule has 4 N–H and O–H groups in total. The van der Waals surface area contributed by atoms with Gasteiger partial charge in [0, 0.05) is 10.9 Å². The number of pyridine rings is 1. The highest BCUT2D eigenvalue weighted by Crippen LogP contribution is 2.49. The number of nitrogen functional groups attached to an aromatic ring is 1. The fourth-order valence-electron chi connectivity index (χ4n) is 4.90. The monoisotopic (exact) mass is 535 g/mol. The number of amides is 1. The molecule has 0 fully saturated rings. The Morgan fingerprint density at radius 3 is 2.44 bits per heavy atom. The van der Waals surface area contributed by atoms with Crippen LogP contribution in [0.4, 0.5) is 5.69 Å². The van der Waals surface area contributed by atoms with Crippen molar-refractivity contribution in [2.24, 2.45) is 5.73 Å². The fourth-order valence-corrected chi connectivity index (χ4v) is 6.16. The maximum absolute atomic E-state index is 12.2. The zero-order valence-corrected chi connectivity index (χ0v) is 21.1. The normalized spacial score (nSPS) is 16.5. The number of halogens is 2. The molecule has 1 aliphatic rings. The van der Waals surface area contributed by atoms with E-state index in [9.17, 15) is 4.79 Å². The first-order chi connectivity index (χ1) is 17.4. The third-order valence-electron chi connectivity index (χ3n) is 6.42. The van der Waals surface area contributed by atoms with Crippen molar-refractivity contribution in [2.75, 3.05) is 5.73 Å². The molecular formula is C27H19Cl2N3O3S. The molecule has 6 rings (SSSR count). The second kappa shape index (κ2) is 8.85. The quantitative estimate of drug-likeness (QED) is 0.249. The SMILES string of the molecule is NC(=O)c1sc2nc3c(c(-c4ccc(Cl)o4)c2c1N)CC(c1ccccc1)CC3=Cc1ccc(Cl)o1. The molecule has 0 aliphatic heterocycles. The molecular weight excluding hydrogens is 517 g/mol. The van der Waals surface area contributed by atoms with E-state index in [0.29, 0.717) is 39.1 Å². The predicted molar refractivity (Wildman–Crippen MR) is 144 cm³/mol. The maximum atomic E-state index is 12.2.